The highest BCUT2D eigenvalue weighted by Crippen LogP contribution is 2.35. The number of sulfone groups is 1. The van der Waals surface area contributed by atoms with Crippen LogP contribution in [0.5, 0.6) is 0 Å². The molecule has 0 bridgehead atoms. The number of benzene rings is 1. The Bertz CT molecular complexity index is 786. The fraction of sp³-hybridized carbons (Fsp3) is 0.696. The minimum absolute atomic E-state index is 0.00627. The van der Waals surface area contributed by atoms with Crippen molar-refractivity contribution < 1.29 is 13.2 Å². The molecule has 0 unspecified atom stereocenters. The number of piperazine rings is 1. The molecule has 1 amide bonds. The maximum absolute atomic E-state index is 13.1. The van der Waals surface area contributed by atoms with Crippen molar-refractivity contribution in [1.82, 2.24) is 10.2 Å². The summed E-state index contributed by atoms with van der Waals surface area (Å²) in [6.45, 7) is 3.24. The number of carbonyl (C=O) groups is 1. The average molecular weight is 419 g/mol. The van der Waals surface area contributed by atoms with Crippen molar-refractivity contribution in [2.75, 3.05) is 26.2 Å². The summed E-state index contributed by atoms with van der Waals surface area (Å²) in [6, 6.07) is 7.69. The lowest BCUT2D eigenvalue weighted by atomic mass is 9.84. The largest absolute Gasteiger partial charge is 0.340 e. The number of rotatable bonds is 4. The summed E-state index contributed by atoms with van der Waals surface area (Å²) in [5, 5.41) is 2.92. The molecule has 1 aromatic carbocycles. The van der Waals surface area contributed by atoms with Crippen molar-refractivity contribution >= 4 is 15.7 Å². The summed E-state index contributed by atoms with van der Waals surface area (Å²) >= 11 is 0. The van der Waals surface area contributed by atoms with Crippen LogP contribution in [0.25, 0.3) is 0 Å². The smallest absolute Gasteiger partial charge is 0.225 e. The zero-order valence-corrected chi connectivity index (χ0v) is 18.1. The molecule has 0 aromatic heterocycles. The van der Waals surface area contributed by atoms with Gasteiger partial charge < -0.3 is 10.2 Å². The fourth-order valence-electron chi connectivity index (χ4n) is 5.32. The lowest BCUT2D eigenvalue weighted by Gasteiger charge is -2.34. The lowest BCUT2D eigenvalue weighted by molar-refractivity contribution is -0.137. The molecule has 5 nitrogen and oxygen atoms in total. The lowest BCUT2D eigenvalue weighted by Crippen LogP contribution is -2.49. The number of hydrogen-bond donors (Lipinski definition) is 1. The molecule has 1 aliphatic heterocycles. The Labute approximate surface area is 175 Å². The van der Waals surface area contributed by atoms with Crippen LogP contribution in [0.15, 0.2) is 29.2 Å². The molecule has 0 radical (unpaired) electrons. The van der Waals surface area contributed by atoms with E-state index in [1.807, 2.05) is 29.2 Å². The number of amides is 1. The van der Waals surface area contributed by atoms with Gasteiger partial charge in [-0.05, 0) is 62.1 Å². The van der Waals surface area contributed by atoms with Gasteiger partial charge in [0.2, 0.25) is 5.91 Å². The van der Waals surface area contributed by atoms with E-state index in [1.54, 1.807) is 0 Å². The van der Waals surface area contributed by atoms with Gasteiger partial charge in [0.25, 0.3) is 0 Å². The van der Waals surface area contributed by atoms with Gasteiger partial charge in [-0.3, -0.25) is 4.79 Å². The zero-order chi connectivity index (χ0) is 20.3. The molecule has 1 aromatic rings. The third-order valence-electron chi connectivity index (χ3n) is 7.18. The van der Waals surface area contributed by atoms with Gasteiger partial charge >= 0.3 is 0 Å². The molecular formula is C23H34N2O3S. The van der Waals surface area contributed by atoms with Gasteiger partial charge in [-0.1, -0.05) is 31.4 Å². The van der Waals surface area contributed by atoms with E-state index >= 15 is 0 Å². The first-order valence-corrected chi connectivity index (χ1v) is 12.9. The standard InChI is InChI=1S/C23H34N2O3S/c26-23(25-16-14-24-15-17-25)20-8-12-22(13-9-20)29(27,28)21-10-6-19(7-11-21)18-4-2-1-3-5-18/h6-7,10-11,18,20,22,24H,1-5,8-9,12-17H2. The van der Waals surface area contributed by atoms with Crippen LogP contribution in [-0.4, -0.2) is 50.7 Å². The van der Waals surface area contributed by atoms with E-state index in [0.29, 0.717) is 36.5 Å². The molecule has 6 heteroatoms. The zero-order valence-electron chi connectivity index (χ0n) is 17.3. The first-order chi connectivity index (χ1) is 14.1. The van der Waals surface area contributed by atoms with Crippen molar-refractivity contribution in [3.05, 3.63) is 29.8 Å². The monoisotopic (exact) mass is 418 g/mol. The van der Waals surface area contributed by atoms with E-state index in [0.717, 1.165) is 26.2 Å². The molecule has 3 aliphatic rings. The minimum atomic E-state index is -3.32. The quantitative estimate of drug-likeness (QED) is 0.813. The summed E-state index contributed by atoms with van der Waals surface area (Å²) in [5.74, 6) is 0.805. The van der Waals surface area contributed by atoms with Crippen LogP contribution in [0.2, 0.25) is 0 Å². The molecule has 0 atom stereocenters. The number of carbonyl (C=O) groups excluding carboxylic acids is 1. The predicted molar refractivity (Wildman–Crippen MR) is 115 cm³/mol. The Hall–Kier alpha value is -1.40. The molecule has 3 fully saturated rings. The van der Waals surface area contributed by atoms with Gasteiger partial charge in [-0.25, -0.2) is 8.42 Å². The highest BCUT2D eigenvalue weighted by Gasteiger charge is 2.36. The van der Waals surface area contributed by atoms with Crippen molar-refractivity contribution in [1.29, 1.82) is 0 Å². The van der Waals surface area contributed by atoms with Crippen LogP contribution in [0.3, 0.4) is 0 Å². The second-order valence-corrected chi connectivity index (χ2v) is 11.2. The van der Waals surface area contributed by atoms with Crippen molar-refractivity contribution in [3.8, 4) is 0 Å². The predicted octanol–water partition coefficient (Wildman–Crippen LogP) is 3.50. The van der Waals surface area contributed by atoms with Gasteiger partial charge in [0.1, 0.15) is 0 Å². The first kappa shape index (κ1) is 20.9. The van der Waals surface area contributed by atoms with E-state index in [-0.39, 0.29) is 17.1 Å². The number of hydrogen-bond acceptors (Lipinski definition) is 4. The van der Waals surface area contributed by atoms with Gasteiger partial charge in [0.05, 0.1) is 10.1 Å². The summed E-state index contributed by atoms with van der Waals surface area (Å²) in [4.78, 5) is 15.1. The van der Waals surface area contributed by atoms with Gasteiger partial charge in [0, 0.05) is 32.1 Å². The molecule has 29 heavy (non-hydrogen) atoms. The Morgan fingerprint density at radius 2 is 1.48 bits per heavy atom. The Morgan fingerprint density at radius 3 is 2.10 bits per heavy atom. The van der Waals surface area contributed by atoms with Gasteiger partial charge in [-0.2, -0.15) is 0 Å². The maximum atomic E-state index is 13.1. The van der Waals surface area contributed by atoms with Crippen molar-refractivity contribution in [3.63, 3.8) is 0 Å². The van der Waals surface area contributed by atoms with Crippen LogP contribution in [-0.2, 0) is 14.6 Å². The Morgan fingerprint density at radius 1 is 0.862 bits per heavy atom. The van der Waals surface area contributed by atoms with E-state index in [4.69, 9.17) is 0 Å². The van der Waals surface area contributed by atoms with Crippen LogP contribution in [0, 0.1) is 5.92 Å². The van der Waals surface area contributed by atoms with Gasteiger partial charge in [0.15, 0.2) is 9.84 Å². The normalized spacial score (nSPS) is 27.0. The molecule has 2 aliphatic carbocycles. The molecule has 2 saturated carbocycles. The Balaban J connectivity index is 1.36. The highest BCUT2D eigenvalue weighted by atomic mass is 32.2. The highest BCUT2D eigenvalue weighted by molar-refractivity contribution is 7.92. The second-order valence-electron chi connectivity index (χ2n) is 9.00. The second kappa shape index (κ2) is 9.17. The molecule has 1 saturated heterocycles. The topological polar surface area (TPSA) is 66.5 Å². The first-order valence-electron chi connectivity index (χ1n) is 11.4. The van der Waals surface area contributed by atoms with Gasteiger partial charge in [-0.15, -0.1) is 0 Å². The summed E-state index contributed by atoms with van der Waals surface area (Å²) in [7, 11) is -3.32. The van der Waals surface area contributed by atoms with E-state index in [9.17, 15) is 13.2 Å². The molecule has 4 rings (SSSR count). The van der Waals surface area contributed by atoms with Crippen molar-refractivity contribution in [2.45, 2.75) is 73.9 Å². The fourth-order valence-corrected chi connectivity index (χ4v) is 7.11. The molecule has 1 N–H and O–H groups in total. The number of nitrogens with one attached hydrogen (secondary N) is 1. The van der Waals surface area contributed by atoms with E-state index in [2.05, 4.69) is 5.32 Å². The summed E-state index contributed by atoms with van der Waals surface area (Å²) in [6.07, 6.45) is 8.88. The third kappa shape index (κ3) is 4.69. The Kier molecular flexibility index (Phi) is 6.60. The SMILES string of the molecule is O=C(C1CCC(S(=O)(=O)c2ccc(C3CCCCC3)cc2)CC1)N1CCNCC1. The van der Waals surface area contributed by atoms with Crippen LogP contribution >= 0.6 is 0 Å². The molecule has 1 heterocycles. The minimum Gasteiger partial charge on any atom is -0.340 e. The summed E-state index contributed by atoms with van der Waals surface area (Å²) in [5.41, 5.74) is 1.29. The molecule has 160 valence electrons. The summed E-state index contributed by atoms with van der Waals surface area (Å²) < 4.78 is 26.3. The molecular weight excluding hydrogens is 384 g/mol. The average Bonchev–Trinajstić information content (AvgIpc) is 2.80. The van der Waals surface area contributed by atoms with Crippen molar-refractivity contribution in [2.24, 2.45) is 5.92 Å². The maximum Gasteiger partial charge on any atom is 0.225 e. The van der Waals surface area contributed by atoms with E-state index in [1.165, 1.54) is 37.7 Å². The van der Waals surface area contributed by atoms with E-state index < -0.39 is 9.84 Å². The van der Waals surface area contributed by atoms with Crippen LogP contribution in [0.4, 0.5) is 0 Å². The third-order valence-corrected chi connectivity index (χ3v) is 9.45. The van der Waals surface area contributed by atoms with Crippen LogP contribution in [0.1, 0.15) is 69.3 Å². The molecule has 0 spiro atoms. The number of nitrogens with zero attached hydrogens (tertiary/aromatic N) is 1. The van der Waals surface area contributed by atoms with Crippen LogP contribution < -0.4 is 5.32 Å².